The Morgan fingerprint density at radius 2 is 2.16 bits per heavy atom. The van der Waals surface area contributed by atoms with Crippen molar-refractivity contribution in [1.82, 2.24) is 10.3 Å². The molecular weight excluding hydrogens is 260 g/mol. The van der Waals surface area contributed by atoms with Crippen molar-refractivity contribution in [2.75, 3.05) is 0 Å². The van der Waals surface area contributed by atoms with Crippen molar-refractivity contribution < 1.29 is 4.79 Å². The molecule has 0 radical (unpaired) electrons. The topological polar surface area (TPSA) is 44.9 Å². The van der Waals surface area contributed by atoms with Crippen molar-refractivity contribution in [3.05, 3.63) is 34.5 Å². The van der Waals surface area contributed by atoms with Crippen LogP contribution in [0, 0.1) is 12.3 Å². The smallest absolute Gasteiger partial charge is 0.226 e. The lowest BCUT2D eigenvalue weighted by Crippen LogP contribution is -2.29. The predicted molar refractivity (Wildman–Crippen MR) is 77.2 cm³/mol. The Morgan fingerprint density at radius 3 is 2.84 bits per heavy atom. The van der Waals surface area contributed by atoms with Gasteiger partial charge in [-0.15, -0.1) is 0 Å². The first kappa shape index (κ1) is 12.5. The van der Waals surface area contributed by atoms with Crippen LogP contribution in [0.5, 0.6) is 0 Å². The Labute approximate surface area is 117 Å². The average molecular weight is 277 g/mol. The number of carbonyl (C=O) groups is 1. The highest BCUT2D eigenvalue weighted by Crippen LogP contribution is 2.45. The molecule has 0 saturated heterocycles. The summed E-state index contributed by atoms with van der Waals surface area (Å²) in [6.07, 6.45) is 2.00. The third-order valence-corrected chi connectivity index (χ3v) is 4.35. The van der Waals surface area contributed by atoms with Gasteiger partial charge in [-0.05, 0) is 43.5 Å². The fourth-order valence-electron chi connectivity index (χ4n) is 2.22. The number of benzene rings is 1. The van der Waals surface area contributed by atoms with Gasteiger partial charge in [0.2, 0.25) is 5.91 Å². The van der Waals surface area contributed by atoms with Crippen LogP contribution in [0.25, 0.3) is 10.9 Å². The highest BCUT2D eigenvalue weighted by atomic mass is 35.5. The van der Waals surface area contributed by atoms with E-state index in [1.807, 2.05) is 32.0 Å². The molecule has 1 aliphatic rings. The van der Waals surface area contributed by atoms with E-state index in [4.69, 9.17) is 11.6 Å². The number of H-pyrrole nitrogens is 1. The van der Waals surface area contributed by atoms with E-state index in [9.17, 15) is 4.79 Å². The number of amides is 1. The van der Waals surface area contributed by atoms with Gasteiger partial charge in [0, 0.05) is 27.0 Å². The minimum atomic E-state index is -0.119. The third kappa shape index (κ3) is 2.35. The van der Waals surface area contributed by atoms with E-state index in [-0.39, 0.29) is 11.3 Å². The number of rotatable bonds is 3. The Kier molecular flexibility index (Phi) is 2.82. The maximum Gasteiger partial charge on any atom is 0.226 e. The van der Waals surface area contributed by atoms with Gasteiger partial charge in [0.1, 0.15) is 0 Å². The van der Waals surface area contributed by atoms with Crippen LogP contribution >= 0.6 is 11.6 Å². The van der Waals surface area contributed by atoms with Crippen LogP contribution < -0.4 is 5.32 Å². The van der Waals surface area contributed by atoms with Crippen molar-refractivity contribution >= 4 is 28.4 Å². The second-order valence-electron chi connectivity index (χ2n) is 5.73. The zero-order valence-electron chi connectivity index (χ0n) is 11.1. The van der Waals surface area contributed by atoms with E-state index in [2.05, 4.69) is 10.3 Å². The highest BCUT2D eigenvalue weighted by molar-refractivity contribution is 6.32. The van der Waals surface area contributed by atoms with E-state index in [1.54, 1.807) is 0 Å². The molecule has 1 aromatic carbocycles. The molecule has 4 heteroatoms. The van der Waals surface area contributed by atoms with Gasteiger partial charge in [0.25, 0.3) is 0 Å². The largest absolute Gasteiger partial charge is 0.357 e. The first-order valence-electron chi connectivity index (χ1n) is 6.54. The van der Waals surface area contributed by atoms with E-state index in [0.29, 0.717) is 6.54 Å². The minimum absolute atomic E-state index is 0.119. The Bertz CT molecular complexity index is 616. The van der Waals surface area contributed by atoms with Crippen LogP contribution in [0.15, 0.2) is 18.2 Å². The molecule has 2 N–H and O–H groups in total. The Hall–Kier alpha value is -1.48. The number of aryl methyl sites for hydroxylation is 1. The highest BCUT2D eigenvalue weighted by Gasteiger charge is 2.44. The molecule has 1 saturated carbocycles. The molecule has 100 valence electrons. The minimum Gasteiger partial charge on any atom is -0.357 e. The molecule has 1 fully saturated rings. The molecule has 0 bridgehead atoms. The van der Waals surface area contributed by atoms with Gasteiger partial charge in [0.15, 0.2) is 0 Å². The zero-order valence-corrected chi connectivity index (χ0v) is 11.9. The fraction of sp³-hybridized carbons (Fsp3) is 0.400. The second-order valence-corrected chi connectivity index (χ2v) is 6.13. The van der Waals surface area contributed by atoms with E-state index in [1.165, 1.54) is 0 Å². The number of aromatic amines is 1. The summed E-state index contributed by atoms with van der Waals surface area (Å²) in [4.78, 5) is 15.2. The molecule has 0 spiro atoms. The van der Waals surface area contributed by atoms with Gasteiger partial charge in [-0.2, -0.15) is 0 Å². The molecule has 0 unspecified atom stereocenters. The number of nitrogens with one attached hydrogen (secondary N) is 2. The summed E-state index contributed by atoms with van der Waals surface area (Å²) in [5, 5.41) is 4.84. The molecule has 3 nitrogen and oxygen atoms in total. The molecule has 0 aliphatic heterocycles. The number of hydrogen-bond acceptors (Lipinski definition) is 1. The average Bonchev–Trinajstić information content (AvgIpc) is 2.99. The number of halogens is 1. The monoisotopic (exact) mass is 276 g/mol. The first-order chi connectivity index (χ1) is 8.98. The van der Waals surface area contributed by atoms with Crippen molar-refractivity contribution in [2.45, 2.75) is 33.2 Å². The second kappa shape index (κ2) is 4.27. The zero-order chi connectivity index (χ0) is 13.6. The van der Waals surface area contributed by atoms with Gasteiger partial charge in [-0.3, -0.25) is 4.79 Å². The quantitative estimate of drug-likeness (QED) is 0.885. The summed E-state index contributed by atoms with van der Waals surface area (Å²) in [5.41, 5.74) is 3.00. The summed E-state index contributed by atoms with van der Waals surface area (Å²) in [6, 6.07) is 6.03. The summed E-state index contributed by atoms with van der Waals surface area (Å²) >= 11 is 6.11. The molecule has 19 heavy (non-hydrogen) atoms. The lowest BCUT2D eigenvalue weighted by Gasteiger charge is -2.08. The molecule has 1 amide bonds. The van der Waals surface area contributed by atoms with E-state index in [0.717, 1.165) is 40.0 Å². The van der Waals surface area contributed by atoms with Gasteiger partial charge in [-0.25, -0.2) is 0 Å². The summed E-state index contributed by atoms with van der Waals surface area (Å²) in [6.45, 7) is 4.54. The van der Waals surface area contributed by atoms with E-state index >= 15 is 0 Å². The van der Waals surface area contributed by atoms with Crippen molar-refractivity contribution in [2.24, 2.45) is 5.41 Å². The molecule has 1 aromatic heterocycles. The van der Waals surface area contributed by atoms with Crippen molar-refractivity contribution in [1.29, 1.82) is 0 Å². The lowest BCUT2D eigenvalue weighted by atomic mass is 10.1. The van der Waals surface area contributed by atoms with Crippen LogP contribution in [-0.4, -0.2) is 10.9 Å². The normalized spacial score (nSPS) is 16.6. The standard InChI is InChI=1S/C15H17ClN2O/c1-9-5-13-10(7-12(9)16)6-11(18-13)8-17-14(19)15(2)3-4-15/h5-7,18H,3-4,8H2,1-2H3,(H,17,19). The summed E-state index contributed by atoms with van der Waals surface area (Å²) in [5.74, 6) is 0.153. The molecule has 0 atom stereocenters. The number of hydrogen-bond donors (Lipinski definition) is 2. The van der Waals surface area contributed by atoms with Crippen LogP contribution in [0.1, 0.15) is 31.0 Å². The Balaban J connectivity index is 1.76. The maximum atomic E-state index is 11.9. The van der Waals surface area contributed by atoms with Crippen LogP contribution in [0.4, 0.5) is 0 Å². The van der Waals surface area contributed by atoms with Crippen LogP contribution in [-0.2, 0) is 11.3 Å². The first-order valence-corrected chi connectivity index (χ1v) is 6.92. The van der Waals surface area contributed by atoms with Crippen LogP contribution in [0.3, 0.4) is 0 Å². The predicted octanol–water partition coefficient (Wildman–Crippen LogP) is 3.55. The molecule has 1 heterocycles. The van der Waals surface area contributed by atoms with Crippen molar-refractivity contribution in [3.63, 3.8) is 0 Å². The number of aromatic nitrogens is 1. The summed E-state index contributed by atoms with van der Waals surface area (Å²) in [7, 11) is 0. The van der Waals surface area contributed by atoms with Gasteiger partial charge in [-0.1, -0.05) is 18.5 Å². The van der Waals surface area contributed by atoms with Gasteiger partial charge >= 0.3 is 0 Å². The maximum absolute atomic E-state index is 11.9. The van der Waals surface area contributed by atoms with Crippen LogP contribution in [0.2, 0.25) is 5.02 Å². The summed E-state index contributed by atoms with van der Waals surface area (Å²) < 4.78 is 0. The van der Waals surface area contributed by atoms with Gasteiger partial charge < -0.3 is 10.3 Å². The molecular formula is C15H17ClN2O. The fourth-order valence-corrected chi connectivity index (χ4v) is 2.39. The SMILES string of the molecule is Cc1cc2[nH]c(CNC(=O)C3(C)CC3)cc2cc1Cl. The Morgan fingerprint density at radius 1 is 1.42 bits per heavy atom. The van der Waals surface area contributed by atoms with E-state index < -0.39 is 0 Å². The van der Waals surface area contributed by atoms with Gasteiger partial charge in [0.05, 0.1) is 6.54 Å². The number of fused-ring (bicyclic) bond motifs is 1. The lowest BCUT2D eigenvalue weighted by molar-refractivity contribution is -0.125. The third-order valence-electron chi connectivity index (χ3n) is 3.94. The number of carbonyl (C=O) groups excluding carboxylic acids is 1. The molecule has 1 aliphatic carbocycles. The molecule has 3 rings (SSSR count). The molecule has 2 aromatic rings. The van der Waals surface area contributed by atoms with Crippen molar-refractivity contribution in [3.8, 4) is 0 Å².